The molecule has 1 saturated carbocycles. The lowest BCUT2D eigenvalue weighted by molar-refractivity contribution is -0.108. The van der Waals surface area contributed by atoms with Crippen molar-refractivity contribution in [3.8, 4) is 16.9 Å². The Morgan fingerprint density at radius 1 is 1.00 bits per heavy atom. The quantitative estimate of drug-likeness (QED) is 0.587. The number of hydrogen-bond acceptors (Lipinski definition) is 5. The van der Waals surface area contributed by atoms with Gasteiger partial charge in [0.05, 0.1) is 25.9 Å². The Balaban J connectivity index is 1.39. The molecule has 0 radical (unpaired) electrons. The van der Waals surface area contributed by atoms with Crippen molar-refractivity contribution in [2.24, 2.45) is 5.92 Å². The van der Waals surface area contributed by atoms with Crippen LogP contribution in [0.5, 0.6) is 5.75 Å². The number of aliphatic hydroxyl groups is 1. The molecule has 0 aromatic heterocycles. The number of nitrogens with zero attached hydrogens (tertiary/aromatic N) is 1. The van der Waals surface area contributed by atoms with Gasteiger partial charge in [-0.2, -0.15) is 0 Å². The summed E-state index contributed by atoms with van der Waals surface area (Å²) in [5, 5.41) is 10.9. The van der Waals surface area contributed by atoms with E-state index in [0.717, 1.165) is 48.2 Å². The third-order valence-corrected chi connectivity index (χ3v) is 7.06. The lowest BCUT2D eigenvalue weighted by Crippen LogP contribution is -2.47. The molecule has 5 nitrogen and oxygen atoms in total. The van der Waals surface area contributed by atoms with Crippen molar-refractivity contribution in [3.05, 3.63) is 54.1 Å². The molecule has 2 aromatic rings. The van der Waals surface area contributed by atoms with Gasteiger partial charge in [-0.1, -0.05) is 42.8 Å². The van der Waals surface area contributed by atoms with E-state index in [9.17, 15) is 9.90 Å². The van der Waals surface area contributed by atoms with Gasteiger partial charge in [0.15, 0.2) is 0 Å². The Morgan fingerprint density at radius 3 is 2.28 bits per heavy atom. The summed E-state index contributed by atoms with van der Waals surface area (Å²) in [6.07, 6.45) is 6.20. The zero-order valence-electron chi connectivity index (χ0n) is 19.0. The van der Waals surface area contributed by atoms with Crippen LogP contribution in [0.15, 0.2) is 48.5 Å². The third kappa shape index (κ3) is 5.40. The first-order valence-corrected chi connectivity index (χ1v) is 11.9. The van der Waals surface area contributed by atoms with Crippen LogP contribution in [-0.4, -0.2) is 54.7 Å². The molecule has 0 amide bonds. The van der Waals surface area contributed by atoms with E-state index in [2.05, 4.69) is 41.3 Å². The molecule has 2 aromatic carbocycles. The van der Waals surface area contributed by atoms with Crippen LogP contribution in [0.2, 0.25) is 0 Å². The molecule has 0 unspecified atom stereocenters. The van der Waals surface area contributed by atoms with E-state index in [-0.39, 0.29) is 24.2 Å². The molecule has 4 rings (SSSR count). The van der Waals surface area contributed by atoms with Gasteiger partial charge in [-0.05, 0) is 61.2 Å². The van der Waals surface area contributed by atoms with Gasteiger partial charge in [-0.25, -0.2) is 0 Å². The molecule has 0 bridgehead atoms. The molecule has 1 heterocycles. The van der Waals surface area contributed by atoms with Crippen LogP contribution in [0.25, 0.3) is 11.1 Å². The molecule has 1 aliphatic carbocycles. The van der Waals surface area contributed by atoms with E-state index in [4.69, 9.17) is 9.47 Å². The zero-order valence-corrected chi connectivity index (χ0v) is 19.0. The SMILES string of the molecule is COc1ccc(-c2ccc(CO[C@H]3C[C@@H](O)[C@@H](N4CCCCC4)[C@H]3CCC=O)cc2)cc1. The van der Waals surface area contributed by atoms with Gasteiger partial charge in [0, 0.05) is 24.8 Å². The van der Waals surface area contributed by atoms with Crippen LogP contribution < -0.4 is 4.74 Å². The molecule has 4 atom stereocenters. The number of piperidine rings is 1. The summed E-state index contributed by atoms with van der Waals surface area (Å²) in [5.74, 6) is 1.05. The molecule has 1 aliphatic heterocycles. The summed E-state index contributed by atoms with van der Waals surface area (Å²) in [7, 11) is 1.67. The Bertz CT molecular complexity index is 845. The highest BCUT2D eigenvalue weighted by Gasteiger charge is 2.45. The highest BCUT2D eigenvalue weighted by Crippen LogP contribution is 2.37. The molecule has 1 saturated heterocycles. The third-order valence-electron chi connectivity index (χ3n) is 7.06. The highest BCUT2D eigenvalue weighted by molar-refractivity contribution is 5.64. The number of hydrogen-bond donors (Lipinski definition) is 1. The van der Waals surface area contributed by atoms with Crippen molar-refractivity contribution in [2.45, 2.75) is 63.4 Å². The summed E-state index contributed by atoms with van der Waals surface area (Å²) >= 11 is 0. The van der Waals surface area contributed by atoms with Crippen molar-refractivity contribution >= 4 is 6.29 Å². The molecule has 5 heteroatoms. The number of aliphatic hydroxyl groups excluding tert-OH is 1. The zero-order chi connectivity index (χ0) is 22.3. The number of carbonyl (C=O) groups is 1. The van der Waals surface area contributed by atoms with Gasteiger partial charge in [0.25, 0.3) is 0 Å². The van der Waals surface area contributed by atoms with Crippen LogP contribution in [0.1, 0.15) is 44.1 Å². The van der Waals surface area contributed by atoms with Crippen molar-refractivity contribution in [1.29, 1.82) is 0 Å². The van der Waals surface area contributed by atoms with Crippen molar-refractivity contribution in [3.63, 3.8) is 0 Å². The molecule has 2 fully saturated rings. The molecule has 32 heavy (non-hydrogen) atoms. The summed E-state index contributed by atoms with van der Waals surface area (Å²) in [5.41, 5.74) is 3.42. The number of carbonyl (C=O) groups excluding carboxylic acids is 1. The van der Waals surface area contributed by atoms with Crippen LogP contribution in [0, 0.1) is 5.92 Å². The summed E-state index contributed by atoms with van der Waals surface area (Å²) in [6.45, 7) is 2.60. The maximum absolute atomic E-state index is 11.1. The second-order valence-electron chi connectivity index (χ2n) is 9.07. The Morgan fingerprint density at radius 2 is 1.66 bits per heavy atom. The number of aldehydes is 1. The average molecular weight is 438 g/mol. The first-order valence-electron chi connectivity index (χ1n) is 11.9. The van der Waals surface area contributed by atoms with Crippen LogP contribution in [0.3, 0.4) is 0 Å². The van der Waals surface area contributed by atoms with Gasteiger partial charge >= 0.3 is 0 Å². The van der Waals surface area contributed by atoms with E-state index < -0.39 is 0 Å². The van der Waals surface area contributed by atoms with E-state index >= 15 is 0 Å². The van der Waals surface area contributed by atoms with Crippen LogP contribution in [0.4, 0.5) is 0 Å². The highest BCUT2D eigenvalue weighted by atomic mass is 16.5. The Hall–Kier alpha value is -2.21. The van der Waals surface area contributed by atoms with Gasteiger partial charge in [-0.3, -0.25) is 4.90 Å². The standard InChI is InChI=1S/C27H35NO4/c1-31-23-13-11-22(12-14-23)21-9-7-20(8-10-21)19-32-26-18-25(30)27(24(26)6-5-17-29)28-15-3-2-4-16-28/h7-14,17,24-27,30H,2-6,15-16,18-19H2,1H3/t24-,25+,26-,27-/m0/s1. The van der Waals surface area contributed by atoms with Gasteiger partial charge in [0.1, 0.15) is 12.0 Å². The fourth-order valence-electron chi connectivity index (χ4n) is 5.38. The topological polar surface area (TPSA) is 59.0 Å². The minimum Gasteiger partial charge on any atom is -0.497 e. The number of likely N-dealkylation sites (tertiary alicyclic amines) is 1. The fourth-order valence-corrected chi connectivity index (χ4v) is 5.38. The predicted molar refractivity (Wildman–Crippen MR) is 126 cm³/mol. The second kappa shape index (κ2) is 11.1. The molecule has 172 valence electrons. The maximum atomic E-state index is 11.1. The summed E-state index contributed by atoms with van der Waals surface area (Å²) < 4.78 is 11.6. The second-order valence-corrected chi connectivity index (χ2v) is 9.07. The molecular weight excluding hydrogens is 402 g/mol. The number of rotatable bonds is 9. The van der Waals surface area contributed by atoms with Crippen molar-refractivity contribution in [1.82, 2.24) is 4.90 Å². The van der Waals surface area contributed by atoms with Crippen LogP contribution >= 0.6 is 0 Å². The molecule has 2 aliphatic rings. The summed E-state index contributed by atoms with van der Waals surface area (Å²) in [4.78, 5) is 13.5. The lowest BCUT2D eigenvalue weighted by atomic mass is 9.93. The van der Waals surface area contributed by atoms with Crippen molar-refractivity contribution < 1.29 is 19.4 Å². The smallest absolute Gasteiger partial charge is 0.120 e. The van der Waals surface area contributed by atoms with E-state index in [1.807, 2.05) is 12.1 Å². The predicted octanol–water partition coefficient (Wildman–Crippen LogP) is 4.46. The Kier molecular flexibility index (Phi) is 7.95. The van der Waals surface area contributed by atoms with Gasteiger partial charge in [0.2, 0.25) is 0 Å². The van der Waals surface area contributed by atoms with E-state index in [1.54, 1.807) is 7.11 Å². The first kappa shape index (κ1) is 23.0. The van der Waals surface area contributed by atoms with Gasteiger partial charge in [-0.15, -0.1) is 0 Å². The van der Waals surface area contributed by atoms with Crippen molar-refractivity contribution in [2.75, 3.05) is 20.2 Å². The molecule has 0 spiro atoms. The average Bonchev–Trinajstić information content (AvgIpc) is 3.17. The monoisotopic (exact) mass is 437 g/mol. The fraction of sp³-hybridized carbons (Fsp3) is 0.519. The van der Waals surface area contributed by atoms with E-state index in [0.29, 0.717) is 19.4 Å². The molecule has 1 N–H and O–H groups in total. The number of benzene rings is 2. The maximum Gasteiger partial charge on any atom is 0.120 e. The number of ether oxygens (including phenoxy) is 2. The minimum absolute atomic E-state index is 0.0156. The van der Waals surface area contributed by atoms with Gasteiger partial charge < -0.3 is 19.4 Å². The summed E-state index contributed by atoms with van der Waals surface area (Å²) in [6, 6.07) is 16.6. The lowest BCUT2D eigenvalue weighted by Gasteiger charge is -2.38. The van der Waals surface area contributed by atoms with E-state index in [1.165, 1.54) is 19.3 Å². The normalized spacial score (nSPS) is 26.2. The van der Waals surface area contributed by atoms with Crippen LogP contribution in [-0.2, 0) is 16.1 Å². The molecular formula is C27H35NO4. The largest absolute Gasteiger partial charge is 0.497 e. The number of methoxy groups -OCH3 is 1. The first-order chi connectivity index (χ1) is 15.7. The Labute approximate surface area is 191 Å². The minimum atomic E-state index is -0.382.